The molecule has 0 bridgehead atoms. The van der Waals surface area contributed by atoms with E-state index in [0.29, 0.717) is 24.7 Å². The van der Waals surface area contributed by atoms with Crippen molar-refractivity contribution in [1.82, 2.24) is 15.5 Å². The number of aliphatic carboxylic acids is 1. The Morgan fingerprint density at radius 2 is 2.25 bits per heavy atom. The Labute approximate surface area is 91.1 Å². The lowest BCUT2D eigenvalue weighted by Gasteiger charge is -1.97. The minimum absolute atomic E-state index is 0.310. The van der Waals surface area contributed by atoms with E-state index in [9.17, 15) is 9.59 Å². The molecule has 1 heterocycles. The molecule has 1 aromatic heterocycles. The van der Waals surface area contributed by atoms with Crippen LogP contribution in [0.15, 0.2) is 16.7 Å². The van der Waals surface area contributed by atoms with Crippen LogP contribution < -0.4 is 5.32 Å². The molecule has 0 radical (unpaired) electrons. The zero-order chi connectivity index (χ0) is 12.0. The number of hydrogen-bond acceptors (Lipinski definition) is 5. The van der Waals surface area contributed by atoms with Crippen LogP contribution in [0.5, 0.6) is 0 Å². The quantitative estimate of drug-likeness (QED) is 0.665. The molecule has 0 fully saturated rings. The second-order valence-corrected chi connectivity index (χ2v) is 2.95. The fourth-order valence-electron chi connectivity index (χ4n) is 0.940. The monoisotopic (exact) mass is 225 g/mol. The van der Waals surface area contributed by atoms with E-state index in [1.807, 2.05) is 0 Å². The molecule has 0 spiro atoms. The third-order valence-corrected chi connectivity index (χ3v) is 1.59. The molecule has 86 valence electrons. The van der Waals surface area contributed by atoms with Crippen molar-refractivity contribution in [3.8, 4) is 0 Å². The number of hydrogen-bond donors (Lipinski definition) is 2. The molecule has 0 aliphatic heterocycles. The topological polar surface area (TPSA) is 105 Å². The van der Waals surface area contributed by atoms with E-state index in [4.69, 9.17) is 9.63 Å². The van der Waals surface area contributed by atoms with Crippen molar-refractivity contribution in [1.29, 1.82) is 0 Å². The summed E-state index contributed by atoms with van der Waals surface area (Å²) in [4.78, 5) is 25.1. The summed E-state index contributed by atoms with van der Waals surface area (Å²) in [6.07, 6.45) is 2.13. The van der Waals surface area contributed by atoms with Gasteiger partial charge in [-0.15, -0.1) is 0 Å². The highest BCUT2D eigenvalue weighted by Gasteiger charge is 2.02. The first-order valence-electron chi connectivity index (χ1n) is 4.56. The van der Waals surface area contributed by atoms with Gasteiger partial charge in [-0.25, -0.2) is 4.79 Å². The van der Waals surface area contributed by atoms with Gasteiger partial charge < -0.3 is 14.9 Å². The van der Waals surface area contributed by atoms with Crippen molar-refractivity contribution < 1.29 is 19.2 Å². The molecule has 0 aliphatic rings. The molecule has 0 aromatic carbocycles. The van der Waals surface area contributed by atoms with Gasteiger partial charge in [-0.05, 0) is 6.92 Å². The largest absolute Gasteiger partial charge is 0.478 e. The van der Waals surface area contributed by atoms with Crippen LogP contribution in [0.25, 0.3) is 0 Å². The maximum atomic E-state index is 11.0. The van der Waals surface area contributed by atoms with Crippen molar-refractivity contribution in [2.45, 2.75) is 13.3 Å². The number of carbonyl (C=O) groups excluding carboxylic acids is 1. The molecule has 1 amide bonds. The molecule has 0 saturated heterocycles. The molecule has 1 aromatic rings. The number of amides is 1. The van der Waals surface area contributed by atoms with Crippen LogP contribution in [0.3, 0.4) is 0 Å². The highest BCUT2D eigenvalue weighted by Crippen LogP contribution is 1.95. The molecule has 2 N–H and O–H groups in total. The molecule has 1 rings (SSSR count). The molecule has 0 atom stereocenters. The predicted octanol–water partition coefficient (Wildman–Crippen LogP) is -0.322. The first-order chi connectivity index (χ1) is 7.58. The highest BCUT2D eigenvalue weighted by atomic mass is 16.5. The van der Waals surface area contributed by atoms with Crippen molar-refractivity contribution in [2.75, 3.05) is 6.54 Å². The second-order valence-electron chi connectivity index (χ2n) is 2.95. The van der Waals surface area contributed by atoms with E-state index in [-0.39, 0.29) is 0 Å². The average Bonchev–Trinajstić information content (AvgIpc) is 2.61. The minimum atomic E-state index is -1.16. The van der Waals surface area contributed by atoms with Crippen molar-refractivity contribution in [3.63, 3.8) is 0 Å². The highest BCUT2D eigenvalue weighted by molar-refractivity contribution is 5.93. The third-order valence-electron chi connectivity index (χ3n) is 1.59. The Bertz CT molecular complexity index is 411. The number of carboxylic acid groups (broad SMARTS) is 1. The number of nitrogens with one attached hydrogen (secondary N) is 1. The zero-order valence-corrected chi connectivity index (χ0v) is 8.64. The van der Waals surface area contributed by atoms with E-state index in [0.717, 1.165) is 12.2 Å². The van der Waals surface area contributed by atoms with Crippen LogP contribution in [-0.4, -0.2) is 33.7 Å². The van der Waals surface area contributed by atoms with E-state index < -0.39 is 11.9 Å². The van der Waals surface area contributed by atoms with Gasteiger partial charge in [-0.1, -0.05) is 5.16 Å². The van der Waals surface area contributed by atoms with Gasteiger partial charge in [0.1, 0.15) is 0 Å². The Kier molecular flexibility index (Phi) is 4.19. The Balaban J connectivity index is 2.25. The summed E-state index contributed by atoms with van der Waals surface area (Å²) in [6, 6.07) is 0. The number of nitrogens with zero attached hydrogens (tertiary/aromatic N) is 2. The molecule has 0 saturated carbocycles. The van der Waals surface area contributed by atoms with Crippen LogP contribution >= 0.6 is 0 Å². The fraction of sp³-hybridized carbons (Fsp3) is 0.333. The molecular formula is C9H11N3O4. The van der Waals surface area contributed by atoms with Gasteiger partial charge in [0.2, 0.25) is 11.8 Å². The lowest BCUT2D eigenvalue weighted by Crippen LogP contribution is -2.23. The fourth-order valence-corrected chi connectivity index (χ4v) is 0.940. The Morgan fingerprint density at radius 3 is 2.81 bits per heavy atom. The SMILES string of the molecule is Cc1noc(CCNC(=O)/C=C/C(=O)O)n1. The number of aromatic nitrogens is 2. The van der Waals surface area contributed by atoms with Crippen LogP contribution in [0.4, 0.5) is 0 Å². The van der Waals surface area contributed by atoms with Gasteiger partial charge in [-0.2, -0.15) is 4.98 Å². The summed E-state index contributed by atoms with van der Waals surface area (Å²) in [6.45, 7) is 2.01. The van der Waals surface area contributed by atoms with Gasteiger partial charge in [-0.3, -0.25) is 4.79 Å². The number of aryl methyl sites for hydroxylation is 1. The number of carbonyl (C=O) groups is 2. The molecule has 7 nitrogen and oxygen atoms in total. The summed E-state index contributed by atoms with van der Waals surface area (Å²) in [5.41, 5.74) is 0. The maximum absolute atomic E-state index is 11.0. The Hall–Kier alpha value is -2.18. The summed E-state index contributed by atoms with van der Waals surface area (Å²) in [5.74, 6) is -0.673. The number of rotatable bonds is 5. The number of carboxylic acids is 1. The van der Waals surface area contributed by atoms with Gasteiger partial charge >= 0.3 is 5.97 Å². The van der Waals surface area contributed by atoms with Gasteiger partial charge in [0.25, 0.3) is 0 Å². The van der Waals surface area contributed by atoms with Crippen LogP contribution in [0, 0.1) is 6.92 Å². The second kappa shape index (κ2) is 5.64. The van der Waals surface area contributed by atoms with E-state index in [1.54, 1.807) is 6.92 Å². The molecule has 0 unspecified atom stereocenters. The molecular weight excluding hydrogens is 214 g/mol. The summed E-state index contributed by atoms with van der Waals surface area (Å²) in [5, 5.41) is 14.3. The molecule has 16 heavy (non-hydrogen) atoms. The van der Waals surface area contributed by atoms with Crippen molar-refractivity contribution in [2.24, 2.45) is 0 Å². The summed E-state index contributed by atoms with van der Waals surface area (Å²) >= 11 is 0. The van der Waals surface area contributed by atoms with Crippen LogP contribution in [0.2, 0.25) is 0 Å². The average molecular weight is 225 g/mol. The standard InChI is InChI=1S/C9H11N3O4/c1-6-11-8(16-12-6)4-5-10-7(13)2-3-9(14)15/h2-3H,4-5H2,1H3,(H,10,13)(H,14,15)/b3-2+. The van der Waals surface area contributed by atoms with E-state index >= 15 is 0 Å². The third kappa shape index (κ3) is 4.36. The van der Waals surface area contributed by atoms with Crippen LogP contribution in [0.1, 0.15) is 11.7 Å². The van der Waals surface area contributed by atoms with Gasteiger partial charge in [0.15, 0.2) is 5.82 Å². The minimum Gasteiger partial charge on any atom is -0.478 e. The van der Waals surface area contributed by atoms with Gasteiger partial charge in [0.05, 0.1) is 0 Å². The molecule has 0 aliphatic carbocycles. The predicted molar refractivity (Wildman–Crippen MR) is 52.5 cm³/mol. The van der Waals surface area contributed by atoms with E-state index in [2.05, 4.69) is 15.5 Å². The van der Waals surface area contributed by atoms with E-state index in [1.165, 1.54) is 0 Å². The summed E-state index contributed by atoms with van der Waals surface area (Å²) < 4.78 is 4.82. The lowest BCUT2D eigenvalue weighted by molar-refractivity contribution is -0.131. The zero-order valence-electron chi connectivity index (χ0n) is 8.64. The van der Waals surface area contributed by atoms with Gasteiger partial charge in [0, 0.05) is 25.1 Å². The first-order valence-corrected chi connectivity index (χ1v) is 4.56. The normalized spacial score (nSPS) is 10.6. The summed E-state index contributed by atoms with van der Waals surface area (Å²) in [7, 11) is 0. The Morgan fingerprint density at radius 1 is 1.50 bits per heavy atom. The smallest absolute Gasteiger partial charge is 0.328 e. The molecule has 7 heteroatoms. The van der Waals surface area contributed by atoms with Crippen molar-refractivity contribution in [3.05, 3.63) is 23.9 Å². The van der Waals surface area contributed by atoms with Crippen LogP contribution in [-0.2, 0) is 16.0 Å². The lowest BCUT2D eigenvalue weighted by atomic mass is 10.4. The maximum Gasteiger partial charge on any atom is 0.328 e. The first kappa shape index (κ1) is 11.9. The van der Waals surface area contributed by atoms with Crippen molar-refractivity contribution >= 4 is 11.9 Å².